The predicted octanol–water partition coefficient (Wildman–Crippen LogP) is 3.11. The second-order valence-electron chi connectivity index (χ2n) is 3.84. The van der Waals surface area contributed by atoms with Crippen LogP contribution < -0.4 is 0 Å². The van der Waals surface area contributed by atoms with Crippen LogP contribution in [0.25, 0.3) is 0 Å². The van der Waals surface area contributed by atoms with E-state index in [2.05, 4.69) is 22.6 Å². The molecular weight excluding hydrogens is 315 g/mol. The topological polar surface area (TPSA) is 26.3 Å². The van der Waals surface area contributed by atoms with Gasteiger partial charge in [0.25, 0.3) is 0 Å². The molecule has 1 aliphatic rings. The van der Waals surface area contributed by atoms with Crippen LogP contribution in [0.5, 0.6) is 0 Å². The molecule has 0 radical (unpaired) electrons. The highest BCUT2D eigenvalue weighted by atomic mass is 127. The fourth-order valence-corrected chi connectivity index (χ4v) is 2.34. The molecule has 84 valence electrons. The van der Waals surface area contributed by atoms with Crippen molar-refractivity contribution in [1.82, 2.24) is 0 Å². The second kappa shape index (κ2) is 5.48. The first-order valence-corrected chi connectivity index (χ1v) is 6.83. The number of rotatable bonds is 3. The summed E-state index contributed by atoms with van der Waals surface area (Å²) in [6.45, 7) is 0. The molecule has 3 heteroatoms. The Hall–Kier alpha value is -0.840. The number of esters is 1. The zero-order valence-corrected chi connectivity index (χ0v) is 11.0. The van der Waals surface area contributed by atoms with Gasteiger partial charge in [0.2, 0.25) is 0 Å². The van der Waals surface area contributed by atoms with Crippen LogP contribution in [0.3, 0.4) is 0 Å². The number of hydrogen-bond donors (Lipinski definition) is 0. The van der Waals surface area contributed by atoms with E-state index in [1.54, 1.807) is 0 Å². The molecule has 0 saturated carbocycles. The maximum atomic E-state index is 11.6. The summed E-state index contributed by atoms with van der Waals surface area (Å²) in [7, 11) is 0. The molecule has 1 aromatic carbocycles. The van der Waals surface area contributed by atoms with Crippen molar-refractivity contribution in [3.8, 4) is 0 Å². The minimum atomic E-state index is -0.0834. The van der Waals surface area contributed by atoms with E-state index < -0.39 is 0 Å². The Bertz CT molecular complexity index is 398. The van der Waals surface area contributed by atoms with E-state index in [1.165, 1.54) is 5.56 Å². The first kappa shape index (κ1) is 11.6. The predicted molar refractivity (Wildman–Crippen MR) is 71.3 cm³/mol. The highest BCUT2D eigenvalue weighted by Crippen LogP contribution is 2.27. The first-order valence-electron chi connectivity index (χ1n) is 5.30. The summed E-state index contributed by atoms with van der Waals surface area (Å²) in [6.07, 6.45) is 3.50. The van der Waals surface area contributed by atoms with Gasteiger partial charge in [0.05, 0.1) is 5.92 Å². The molecule has 1 fully saturated rings. The van der Waals surface area contributed by atoms with Crippen LogP contribution >= 0.6 is 22.6 Å². The SMILES string of the molecule is O=C1O/C(=C/CI)CC1Cc1ccccc1. The molecule has 1 heterocycles. The average molecular weight is 328 g/mol. The maximum Gasteiger partial charge on any atom is 0.314 e. The number of alkyl halides is 1. The van der Waals surface area contributed by atoms with Gasteiger partial charge in [-0.2, -0.15) is 0 Å². The van der Waals surface area contributed by atoms with Gasteiger partial charge < -0.3 is 4.74 Å². The molecule has 1 atom stereocenters. The third kappa shape index (κ3) is 2.84. The van der Waals surface area contributed by atoms with Gasteiger partial charge in [-0.05, 0) is 18.1 Å². The lowest BCUT2D eigenvalue weighted by Gasteiger charge is -2.03. The van der Waals surface area contributed by atoms with E-state index in [4.69, 9.17) is 4.74 Å². The van der Waals surface area contributed by atoms with Gasteiger partial charge in [-0.25, -0.2) is 0 Å². The lowest BCUT2D eigenvalue weighted by Crippen LogP contribution is -2.10. The second-order valence-corrected chi connectivity index (χ2v) is 4.72. The van der Waals surface area contributed by atoms with Gasteiger partial charge in [0.15, 0.2) is 0 Å². The summed E-state index contributed by atoms with van der Waals surface area (Å²) in [5.74, 6) is 0.747. The Kier molecular flexibility index (Phi) is 3.98. The molecule has 1 aromatic rings. The monoisotopic (exact) mass is 328 g/mol. The van der Waals surface area contributed by atoms with Gasteiger partial charge in [-0.3, -0.25) is 4.79 Å². The van der Waals surface area contributed by atoms with Gasteiger partial charge in [0, 0.05) is 10.8 Å². The third-order valence-electron chi connectivity index (χ3n) is 2.64. The lowest BCUT2D eigenvalue weighted by atomic mass is 9.97. The molecule has 2 nitrogen and oxygen atoms in total. The van der Waals surface area contributed by atoms with Crippen molar-refractivity contribution in [3.63, 3.8) is 0 Å². The van der Waals surface area contributed by atoms with Gasteiger partial charge in [-0.1, -0.05) is 52.9 Å². The van der Waals surface area contributed by atoms with Crippen molar-refractivity contribution < 1.29 is 9.53 Å². The molecule has 0 amide bonds. The van der Waals surface area contributed by atoms with Crippen molar-refractivity contribution in [3.05, 3.63) is 47.7 Å². The van der Waals surface area contributed by atoms with Crippen molar-refractivity contribution in [2.45, 2.75) is 12.8 Å². The number of ether oxygens (including phenoxy) is 1. The highest BCUT2D eigenvalue weighted by Gasteiger charge is 2.30. The van der Waals surface area contributed by atoms with Gasteiger partial charge >= 0.3 is 5.97 Å². The molecule has 0 N–H and O–H groups in total. The average Bonchev–Trinajstić information content (AvgIpc) is 2.61. The Labute approximate surface area is 109 Å². The molecule has 1 saturated heterocycles. The van der Waals surface area contributed by atoms with Gasteiger partial charge in [0.1, 0.15) is 5.76 Å². The molecule has 0 bridgehead atoms. The van der Waals surface area contributed by atoms with E-state index in [0.29, 0.717) is 0 Å². The minimum absolute atomic E-state index is 0.00315. The van der Waals surface area contributed by atoms with Crippen LogP contribution in [0.15, 0.2) is 42.2 Å². The number of hydrogen-bond acceptors (Lipinski definition) is 2. The molecule has 2 rings (SSSR count). The van der Waals surface area contributed by atoms with Gasteiger partial charge in [-0.15, -0.1) is 0 Å². The standard InChI is InChI=1S/C13H13IO2/c14-7-6-12-9-11(13(15)16-12)8-10-4-2-1-3-5-10/h1-6,11H,7-9H2/b12-6+. The number of carbonyl (C=O) groups is 1. The van der Waals surface area contributed by atoms with Crippen molar-refractivity contribution in [2.24, 2.45) is 5.92 Å². The number of cyclic esters (lactones) is 1. The Balaban J connectivity index is 2.02. The Morgan fingerprint density at radius 2 is 2.12 bits per heavy atom. The summed E-state index contributed by atoms with van der Waals surface area (Å²) in [4.78, 5) is 11.6. The van der Waals surface area contributed by atoms with E-state index in [9.17, 15) is 4.79 Å². The first-order chi connectivity index (χ1) is 7.79. The molecule has 0 aromatic heterocycles. The zero-order chi connectivity index (χ0) is 11.4. The maximum absolute atomic E-state index is 11.6. The highest BCUT2D eigenvalue weighted by molar-refractivity contribution is 14.1. The molecule has 16 heavy (non-hydrogen) atoms. The van der Waals surface area contributed by atoms with Crippen molar-refractivity contribution >= 4 is 28.6 Å². The van der Waals surface area contributed by atoms with Crippen molar-refractivity contribution in [2.75, 3.05) is 4.43 Å². The van der Waals surface area contributed by atoms with Crippen LogP contribution in [0.2, 0.25) is 0 Å². The normalized spacial score (nSPS) is 22.4. The van der Waals surface area contributed by atoms with Crippen LogP contribution in [-0.4, -0.2) is 10.4 Å². The van der Waals surface area contributed by atoms with Crippen LogP contribution in [-0.2, 0) is 16.0 Å². The third-order valence-corrected chi connectivity index (χ3v) is 3.08. The molecule has 0 aliphatic carbocycles. The summed E-state index contributed by atoms with van der Waals surface area (Å²) in [6, 6.07) is 10.1. The molecule has 1 unspecified atom stereocenters. The molecular formula is C13H13IO2. The minimum Gasteiger partial charge on any atom is -0.431 e. The summed E-state index contributed by atoms with van der Waals surface area (Å²) < 4.78 is 6.09. The largest absolute Gasteiger partial charge is 0.431 e. The van der Waals surface area contributed by atoms with E-state index >= 15 is 0 Å². The summed E-state index contributed by atoms with van der Waals surface area (Å²) in [5, 5.41) is 0. The number of allylic oxidation sites excluding steroid dienone is 2. The Morgan fingerprint density at radius 1 is 1.38 bits per heavy atom. The number of carbonyl (C=O) groups excluding carboxylic acids is 1. The fourth-order valence-electron chi connectivity index (χ4n) is 1.85. The molecule has 0 spiro atoms. The number of halogens is 1. The lowest BCUT2D eigenvalue weighted by molar-refractivity contribution is -0.139. The quantitative estimate of drug-likeness (QED) is 0.484. The van der Waals surface area contributed by atoms with E-state index in [1.807, 2.05) is 36.4 Å². The summed E-state index contributed by atoms with van der Waals surface area (Å²) >= 11 is 2.25. The smallest absolute Gasteiger partial charge is 0.314 e. The molecule has 1 aliphatic heterocycles. The van der Waals surface area contributed by atoms with Crippen LogP contribution in [0.4, 0.5) is 0 Å². The summed E-state index contributed by atoms with van der Waals surface area (Å²) in [5.41, 5.74) is 1.19. The zero-order valence-electron chi connectivity index (χ0n) is 8.86. The van der Waals surface area contributed by atoms with E-state index in [0.717, 1.165) is 23.0 Å². The fraction of sp³-hybridized carbons (Fsp3) is 0.308. The van der Waals surface area contributed by atoms with Crippen molar-refractivity contribution in [1.29, 1.82) is 0 Å². The van der Waals surface area contributed by atoms with E-state index in [-0.39, 0.29) is 11.9 Å². The van der Waals surface area contributed by atoms with Crippen LogP contribution in [0, 0.1) is 5.92 Å². The number of benzene rings is 1. The van der Waals surface area contributed by atoms with Crippen LogP contribution in [0.1, 0.15) is 12.0 Å². The Morgan fingerprint density at radius 3 is 2.81 bits per heavy atom.